The molecule has 0 saturated heterocycles. The number of amides is 1. The Morgan fingerprint density at radius 1 is 0.943 bits per heavy atom. The number of nitrogens with one attached hydrogen (secondary N) is 1. The van der Waals surface area contributed by atoms with E-state index in [1.165, 1.54) is 11.8 Å². The van der Waals surface area contributed by atoms with Crippen LogP contribution in [0.25, 0.3) is 10.8 Å². The van der Waals surface area contributed by atoms with E-state index in [0.29, 0.717) is 11.1 Å². The maximum atomic E-state index is 12.7. The molecule has 4 aromatic rings. The highest BCUT2D eigenvalue weighted by Crippen LogP contribution is 2.32. The third-order valence-corrected chi connectivity index (χ3v) is 6.72. The summed E-state index contributed by atoms with van der Waals surface area (Å²) < 4.78 is 8.38. The molecule has 0 saturated carbocycles. The van der Waals surface area contributed by atoms with Crippen molar-refractivity contribution in [3.8, 4) is 5.75 Å². The van der Waals surface area contributed by atoms with Gasteiger partial charge in [0.1, 0.15) is 5.75 Å². The molecule has 182 valence electrons. The lowest BCUT2D eigenvalue weighted by atomic mass is 10.0. The van der Waals surface area contributed by atoms with Crippen LogP contribution >= 0.6 is 11.8 Å². The third-order valence-electron chi connectivity index (χ3n) is 5.78. The normalized spacial score (nSPS) is 12.3. The van der Waals surface area contributed by atoms with Gasteiger partial charge in [-0.3, -0.25) is 4.79 Å². The Balaban J connectivity index is 1.45. The second-order valence-corrected chi connectivity index (χ2v) is 10.1. The van der Waals surface area contributed by atoms with E-state index in [1.54, 1.807) is 0 Å². The number of thioether (sulfide) groups is 1. The van der Waals surface area contributed by atoms with Crippen LogP contribution < -0.4 is 10.1 Å². The summed E-state index contributed by atoms with van der Waals surface area (Å²) in [5, 5.41) is 14.8. The number of fused-ring (bicyclic) bond motifs is 1. The molecule has 1 N–H and O–H groups in total. The number of nitrogens with zero attached hydrogens (tertiary/aromatic N) is 3. The fraction of sp³-hybridized carbons (Fsp3) is 0.321. The first-order chi connectivity index (χ1) is 16.8. The number of benzene rings is 3. The average Bonchev–Trinajstić information content (AvgIpc) is 3.27. The number of para-hydroxylation sites is 1. The molecule has 1 aromatic heterocycles. The molecule has 0 aliphatic carbocycles. The van der Waals surface area contributed by atoms with E-state index in [-0.39, 0.29) is 23.8 Å². The van der Waals surface area contributed by atoms with Crippen molar-refractivity contribution in [1.82, 2.24) is 14.8 Å². The van der Waals surface area contributed by atoms with Crippen LogP contribution in [0, 0.1) is 0 Å². The van der Waals surface area contributed by atoms with E-state index in [1.807, 2.05) is 61.5 Å². The van der Waals surface area contributed by atoms with Crippen molar-refractivity contribution in [1.29, 1.82) is 0 Å². The molecule has 1 heterocycles. The Morgan fingerprint density at radius 2 is 1.66 bits per heavy atom. The lowest BCUT2D eigenvalue weighted by Gasteiger charge is -2.21. The number of ether oxygens (including phenoxy) is 1. The van der Waals surface area contributed by atoms with E-state index in [9.17, 15) is 4.79 Å². The first kappa shape index (κ1) is 24.8. The zero-order chi connectivity index (χ0) is 24.9. The molecule has 1 amide bonds. The number of rotatable bonds is 9. The van der Waals surface area contributed by atoms with Crippen LogP contribution in [-0.2, 0) is 4.79 Å². The largest absolute Gasteiger partial charge is 0.482 e. The minimum Gasteiger partial charge on any atom is -0.482 e. The molecule has 0 radical (unpaired) electrons. The molecule has 4 rings (SSSR count). The Labute approximate surface area is 211 Å². The zero-order valence-corrected chi connectivity index (χ0v) is 21.7. The van der Waals surface area contributed by atoms with E-state index in [0.717, 1.165) is 33.6 Å². The number of aromatic nitrogens is 3. The van der Waals surface area contributed by atoms with Crippen molar-refractivity contribution < 1.29 is 9.53 Å². The van der Waals surface area contributed by atoms with Crippen LogP contribution in [0.1, 0.15) is 64.1 Å². The molecule has 1 unspecified atom stereocenters. The van der Waals surface area contributed by atoms with Gasteiger partial charge in [-0.05, 0) is 61.2 Å². The molecule has 7 heteroatoms. The number of carbonyl (C=O) groups is 1. The van der Waals surface area contributed by atoms with Crippen molar-refractivity contribution in [3.05, 3.63) is 78.1 Å². The molecule has 0 fully saturated rings. The zero-order valence-electron chi connectivity index (χ0n) is 20.9. The van der Waals surface area contributed by atoms with Crippen molar-refractivity contribution in [2.75, 3.05) is 11.1 Å². The predicted octanol–water partition coefficient (Wildman–Crippen LogP) is 7.01. The van der Waals surface area contributed by atoms with E-state index in [2.05, 4.69) is 59.9 Å². The monoisotopic (exact) mass is 488 g/mol. The molecular formula is C28H32N4O2S. The summed E-state index contributed by atoms with van der Waals surface area (Å²) in [6.07, 6.45) is -0.287. The summed E-state index contributed by atoms with van der Waals surface area (Å²) in [4.78, 5) is 12.7. The van der Waals surface area contributed by atoms with Gasteiger partial charge in [0.2, 0.25) is 5.91 Å². The number of hydrogen-bond donors (Lipinski definition) is 1. The van der Waals surface area contributed by atoms with Gasteiger partial charge in [-0.1, -0.05) is 74.1 Å². The first-order valence-electron chi connectivity index (χ1n) is 11.9. The minimum atomic E-state index is -0.287. The van der Waals surface area contributed by atoms with E-state index in [4.69, 9.17) is 4.74 Å². The van der Waals surface area contributed by atoms with Gasteiger partial charge in [0.05, 0.1) is 5.75 Å². The SMILES string of the molecule is CC(C)c1ccccc1OC(C)c1nnc(SCC(=O)Nc2ccc3ccccc3c2)n1C(C)C. The standard InChI is InChI=1S/C28H32N4O2S/c1-18(2)24-12-8-9-13-25(24)34-20(5)27-30-31-28(32(27)19(3)4)35-17-26(33)29-23-15-14-21-10-6-7-11-22(21)16-23/h6-16,18-20H,17H2,1-5H3,(H,29,33). The highest BCUT2D eigenvalue weighted by molar-refractivity contribution is 7.99. The number of carbonyl (C=O) groups excluding carboxylic acids is 1. The second kappa shape index (κ2) is 11.0. The van der Waals surface area contributed by atoms with Crippen molar-refractivity contribution >= 4 is 34.1 Å². The van der Waals surface area contributed by atoms with Gasteiger partial charge in [-0.15, -0.1) is 10.2 Å². The lowest BCUT2D eigenvalue weighted by molar-refractivity contribution is -0.113. The summed E-state index contributed by atoms with van der Waals surface area (Å²) in [6.45, 7) is 10.5. The first-order valence-corrected chi connectivity index (χ1v) is 12.9. The molecule has 0 bridgehead atoms. The van der Waals surface area contributed by atoms with Gasteiger partial charge in [0.25, 0.3) is 0 Å². The highest BCUT2D eigenvalue weighted by Gasteiger charge is 2.23. The van der Waals surface area contributed by atoms with Crippen molar-refractivity contribution in [2.24, 2.45) is 0 Å². The summed E-state index contributed by atoms with van der Waals surface area (Å²) in [5.74, 6) is 2.12. The summed E-state index contributed by atoms with van der Waals surface area (Å²) in [5.41, 5.74) is 1.95. The smallest absolute Gasteiger partial charge is 0.234 e. The molecule has 6 nitrogen and oxygen atoms in total. The maximum Gasteiger partial charge on any atom is 0.234 e. The Hall–Kier alpha value is -3.32. The van der Waals surface area contributed by atoms with Crippen LogP contribution in [-0.4, -0.2) is 26.4 Å². The molecule has 1 atom stereocenters. The van der Waals surface area contributed by atoms with Gasteiger partial charge in [0, 0.05) is 11.7 Å². The fourth-order valence-electron chi connectivity index (χ4n) is 4.05. The molecule has 3 aromatic carbocycles. The van der Waals surface area contributed by atoms with Crippen LogP contribution in [0.5, 0.6) is 5.75 Å². The second-order valence-electron chi connectivity index (χ2n) is 9.16. The molecule has 0 aliphatic heterocycles. The Kier molecular flexibility index (Phi) is 7.76. The third kappa shape index (κ3) is 5.85. The summed E-state index contributed by atoms with van der Waals surface area (Å²) in [6, 6.07) is 22.2. The van der Waals surface area contributed by atoms with E-state index >= 15 is 0 Å². The Morgan fingerprint density at radius 3 is 2.40 bits per heavy atom. The quantitative estimate of drug-likeness (QED) is 0.257. The number of hydrogen-bond acceptors (Lipinski definition) is 5. The molecular weight excluding hydrogens is 456 g/mol. The van der Waals surface area contributed by atoms with E-state index < -0.39 is 0 Å². The number of anilines is 1. The van der Waals surface area contributed by atoms with Gasteiger partial charge in [-0.2, -0.15) is 0 Å². The Bertz CT molecular complexity index is 1320. The van der Waals surface area contributed by atoms with Crippen molar-refractivity contribution in [3.63, 3.8) is 0 Å². The van der Waals surface area contributed by atoms with Gasteiger partial charge in [0.15, 0.2) is 17.1 Å². The maximum absolute atomic E-state index is 12.7. The molecule has 0 aliphatic rings. The van der Waals surface area contributed by atoms with Gasteiger partial charge < -0.3 is 14.6 Å². The molecule has 35 heavy (non-hydrogen) atoms. The summed E-state index contributed by atoms with van der Waals surface area (Å²) in [7, 11) is 0. The van der Waals surface area contributed by atoms with Crippen LogP contribution in [0.15, 0.2) is 71.9 Å². The molecule has 0 spiro atoms. The lowest BCUT2D eigenvalue weighted by Crippen LogP contribution is -2.17. The predicted molar refractivity (Wildman–Crippen MR) is 143 cm³/mol. The summed E-state index contributed by atoms with van der Waals surface area (Å²) >= 11 is 1.38. The minimum absolute atomic E-state index is 0.0831. The van der Waals surface area contributed by atoms with Crippen LogP contribution in [0.4, 0.5) is 5.69 Å². The van der Waals surface area contributed by atoms with Gasteiger partial charge in [-0.25, -0.2) is 0 Å². The van der Waals surface area contributed by atoms with Crippen LogP contribution in [0.2, 0.25) is 0 Å². The van der Waals surface area contributed by atoms with Gasteiger partial charge >= 0.3 is 0 Å². The van der Waals surface area contributed by atoms with Crippen molar-refractivity contribution in [2.45, 2.75) is 57.8 Å². The highest BCUT2D eigenvalue weighted by atomic mass is 32.2. The topological polar surface area (TPSA) is 69.0 Å². The fourth-order valence-corrected chi connectivity index (χ4v) is 4.93. The van der Waals surface area contributed by atoms with Crippen LogP contribution in [0.3, 0.4) is 0 Å². The average molecular weight is 489 g/mol.